The van der Waals surface area contributed by atoms with Gasteiger partial charge in [0, 0.05) is 12.6 Å². The summed E-state index contributed by atoms with van der Waals surface area (Å²) in [7, 11) is 0. The van der Waals surface area contributed by atoms with Gasteiger partial charge in [0.05, 0.1) is 0 Å². The zero-order valence-corrected chi connectivity index (χ0v) is 8.92. The van der Waals surface area contributed by atoms with Crippen LogP contribution in [-0.4, -0.2) is 30.6 Å². The van der Waals surface area contributed by atoms with Gasteiger partial charge in [0.1, 0.15) is 0 Å². The van der Waals surface area contributed by atoms with Crippen LogP contribution in [0.15, 0.2) is 0 Å². The molecular formula is C11H22N2. The molecule has 0 aromatic rings. The molecule has 1 atom stereocenters. The van der Waals surface area contributed by atoms with Crippen LogP contribution in [0.5, 0.6) is 0 Å². The summed E-state index contributed by atoms with van der Waals surface area (Å²) in [6.45, 7) is 8.17. The summed E-state index contributed by atoms with van der Waals surface area (Å²) >= 11 is 0. The number of hydrogen-bond acceptors (Lipinski definition) is 2. The minimum atomic E-state index is 0.440. The third kappa shape index (κ3) is 1.89. The van der Waals surface area contributed by atoms with Crippen molar-refractivity contribution in [2.75, 3.05) is 19.6 Å². The van der Waals surface area contributed by atoms with E-state index in [1.807, 2.05) is 0 Å². The van der Waals surface area contributed by atoms with E-state index < -0.39 is 0 Å². The first-order valence-corrected chi connectivity index (χ1v) is 5.57. The summed E-state index contributed by atoms with van der Waals surface area (Å²) in [5, 5.41) is 0. The first-order valence-electron chi connectivity index (χ1n) is 5.57. The highest BCUT2D eigenvalue weighted by atomic mass is 15.2. The van der Waals surface area contributed by atoms with Crippen molar-refractivity contribution in [1.29, 1.82) is 0 Å². The van der Waals surface area contributed by atoms with Gasteiger partial charge in [0.15, 0.2) is 0 Å². The number of nitrogens with zero attached hydrogens (tertiary/aromatic N) is 1. The van der Waals surface area contributed by atoms with Gasteiger partial charge in [0.25, 0.3) is 0 Å². The summed E-state index contributed by atoms with van der Waals surface area (Å²) in [5.74, 6) is 0.738. The lowest BCUT2D eigenvalue weighted by Crippen LogP contribution is -2.48. The van der Waals surface area contributed by atoms with Crippen molar-refractivity contribution in [3.8, 4) is 0 Å². The van der Waals surface area contributed by atoms with Gasteiger partial charge in [-0.05, 0) is 43.7 Å². The van der Waals surface area contributed by atoms with Crippen LogP contribution in [0, 0.1) is 11.3 Å². The largest absolute Gasteiger partial charge is 0.330 e. The second kappa shape index (κ2) is 3.25. The quantitative estimate of drug-likeness (QED) is 0.700. The molecule has 0 aromatic heterocycles. The SMILES string of the molecule is CC1(C)CN(C2CC2)CCC1CN. The van der Waals surface area contributed by atoms with Gasteiger partial charge in [-0.2, -0.15) is 0 Å². The first-order chi connectivity index (χ1) is 6.13. The minimum absolute atomic E-state index is 0.440. The summed E-state index contributed by atoms with van der Waals surface area (Å²) < 4.78 is 0. The van der Waals surface area contributed by atoms with Crippen LogP contribution in [0.1, 0.15) is 33.1 Å². The molecule has 1 saturated carbocycles. The molecule has 0 amide bonds. The Balaban J connectivity index is 1.96. The highest BCUT2D eigenvalue weighted by molar-refractivity contribution is 4.94. The molecule has 1 aliphatic heterocycles. The lowest BCUT2D eigenvalue weighted by Gasteiger charge is -2.44. The van der Waals surface area contributed by atoms with E-state index in [0.717, 1.165) is 18.5 Å². The fourth-order valence-electron chi connectivity index (χ4n) is 2.63. The molecule has 1 heterocycles. The van der Waals surface area contributed by atoms with Crippen molar-refractivity contribution in [3.05, 3.63) is 0 Å². The smallest absolute Gasteiger partial charge is 0.00966 e. The molecule has 13 heavy (non-hydrogen) atoms. The van der Waals surface area contributed by atoms with Gasteiger partial charge in [-0.25, -0.2) is 0 Å². The van der Waals surface area contributed by atoms with E-state index in [4.69, 9.17) is 5.73 Å². The summed E-state index contributed by atoms with van der Waals surface area (Å²) in [4.78, 5) is 2.67. The van der Waals surface area contributed by atoms with Crippen molar-refractivity contribution in [1.82, 2.24) is 4.90 Å². The van der Waals surface area contributed by atoms with Crippen LogP contribution in [0.4, 0.5) is 0 Å². The average molecular weight is 182 g/mol. The van der Waals surface area contributed by atoms with Crippen LogP contribution in [0.25, 0.3) is 0 Å². The third-order valence-corrected chi connectivity index (χ3v) is 3.83. The van der Waals surface area contributed by atoms with Crippen LogP contribution >= 0.6 is 0 Å². The Labute approximate surface area is 81.5 Å². The van der Waals surface area contributed by atoms with Crippen LogP contribution < -0.4 is 5.73 Å². The van der Waals surface area contributed by atoms with Gasteiger partial charge in [-0.3, -0.25) is 4.90 Å². The fraction of sp³-hybridized carbons (Fsp3) is 1.00. The monoisotopic (exact) mass is 182 g/mol. The number of likely N-dealkylation sites (tertiary alicyclic amines) is 1. The maximum absolute atomic E-state index is 5.80. The van der Waals surface area contributed by atoms with E-state index in [1.54, 1.807) is 0 Å². The number of nitrogens with two attached hydrogens (primary N) is 1. The highest BCUT2D eigenvalue weighted by Gasteiger charge is 2.39. The molecule has 2 heteroatoms. The third-order valence-electron chi connectivity index (χ3n) is 3.83. The second-order valence-electron chi connectivity index (χ2n) is 5.41. The van der Waals surface area contributed by atoms with Gasteiger partial charge in [0.2, 0.25) is 0 Å². The van der Waals surface area contributed by atoms with Gasteiger partial charge in [-0.1, -0.05) is 13.8 Å². The molecule has 2 aliphatic rings. The number of hydrogen-bond donors (Lipinski definition) is 1. The Morgan fingerprint density at radius 1 is 1.31 bits per heavy atom. The maximum Gasteiger partial charge on any atom is 0.00966 e. The van der Waals surface area contributed by atoms with E-state index in [9.17, 15) is 0 Å². The molecule has 2 rings (SSSR count). The Kier molecular flexibility index (Phi) is 2.37. The predicted molar refractivity (Wildman–Crippen MR) is 55.5 cm³/mol. The van der Waals surface area contributed by atoms with Gasteiger partial charge in [-0.15, -0.1) is 0 Å². The van der Waals surface area contributed by atoms with Gasteiger partial charge >= 0.3 is 0 Å². The summed E-state index contributed by atoms with van der Waals surface area (Å²) in [5.41, 5.74) is 6.24. The van der Waals surface area contributed by atoms with Crippen LogP contribution in [-0.2, 0) is 0 Å². The molecule has 2 N–H and O–H groups in total. The van der Waals surface area contributed by atoms with E-state index in [2.05, 4.69) is 18.7 Å². The molecule has 1 aliphatic carbocycles. The minimum Gasteiger partial charge on any atom is -0.330 e. The second-order valence-corrected chi connectivity index (χ2v) is 5.41. The molecule has 76 valence electrons. The van der Waals surface area contributed by atoms with Crippen molar-refractivity contribution in [3.63, 3.8) is 0 Å². The van der Waals surface area contributed by atoms with Gasteiger partial charge < -0.3 is 5.73 Å². The molecule has 0 spiro atoms. The number of piperidine rings is 1. The first kappa shape index (κ1) is 9.47. The predicted octanol–water partition coefficient (Wildman–Crippen LogP) is 1.46. The molecular weight excluding hydrogens is 160 g/mol. The van der Waals surface area contributed by atoms with E-state index >= 15 is 0 Å². The molecule has 2 nitrogen and oxygen atoms in total. The standard InChI is InChI=1S/C11H22N2/c1-11(2)8-13(10-3-4-10)6-5-9(11)7-12/h9-10H,3-8,12H2,1-2H3. The van der Waals surface area contributed by atoms with E-state index in [0.29, 0.717) is 5.41 Å². The molecule has 0 bridgehead atoms. The topological polar surface area (TPSA) is 29.3 Å². The Morgan fingerprint density at radius 2 is 2.00 bits per heavy atom. The molecule has 1 saturated heterocycles. The summed E-state index contributed by atoms with van der Waals surface area (Å²) in [6.07, 6.45) is 4.17. The van der Waals surface area contributed by atoms with Crippen molar-refractivity contribution < 1.29 is 0 Å². The zero-order valence-electron chi connectivity index (χ0n) is 8.92. The fourth-order valence-corrected chi connectivity index (χ4v) is 2.63. The lowest BCUT2D eigenvalue weighted by molar-refractivity contribution is 0.0545. The Morgan fingerprint density at radius 3 is 2.46 bits per heavy atom. The van der Waals surface area contributed by atoms with Crippen molar-refractivity contribution in [2.45, 2.75) is 39.2 Å². The molecule has 1 unspecified atom stereocenters. The van der Waals surface area contributed by atoms with Crippen molar-refractivity contribution >= 4 is 0 Å². The van der Waals surface area contributed by atoms with Crippen LogP contribution in [0.3, 0.4) is 0 Å². The highest BCUT2D eigenvalue weighted by Crippen LogP contribution is 2.38. The van der Waals surface area contributed by atoms with E-state index in [1.165, 1.54) is 32.4 Å². The number of rotatable bonds is 2. The maximum atomic E-state index is 5.80. The zero-order chi connectivity index (χ0) is 9.47. The Hall–Kier alpha value is -0.0800. The normalized spacial score (nSPS) is 34.8. The molecule has 2 fully saturated rings. The average Bonchev–Trinajstić information content (AvgIpc) is 2.84. The van der Waals surface area contributed by atoms with Crippen LogP contribution in [0.2, 0.25) is 0 Å². The Bertz CT molecular complexity index is 185. The molecule has 0 aromatic carbocycles. The summed E-state index contributed by atoms with van der Waals surface area (Å²) in [6, 6.07) is 0.929. The lowest BCUT2D eigenvalue weighted by atomic mass is 9.74. The van der Waals surface area contributed by atoms with Crippen molar-refractivity contribution in [2.24, 2.45) is 17.1 Å². The molecule has 0 radical (unpaired) electrons. The van der Waals surface area contributed by atoms with E-state index in [-0.39, 0.29) is 0 Å².